The van der Waals surface area contributed by atoms with E-state index in [1.54, 1.807) is 0 Å². The minimum atomic E-state index is -4.96. The maximum atomic E-state index is 13.1. The van der Waals surface area contributed by atoms with Crippen LogP contribution >= 0.6 is 15.6 Å². The molecular weight excluding hydrogens is 1270 g/mol. The summed E-state index contributed by atoms with van der Waals surface area (Å²) in [6.07, 6.45) is 55.5. The van der Waals surface area contributed by atoms with Crippen LogP contribution in [0.3, 0.4) is 0 Å². The highest BCUT2D eigenvalue weighted by Gasteiger charge is 2.30. The Balaban J connectivity index is 5.19. The molecule has 0 saturated carbocycles. The van der Waals surface area contributed by atoms with Gasteiger partial charge in [0, 0.05) is 25.7 Å². The zero-order chi connectivity index (χ0) is 71.6. The number of esters is 4. The summed E-state index contributed by atoms with van der Waals surface area (Å²) in [4.78, 5) is 72.8. The van der Waals surface area contributed by atoms with E-state index in [9.17, 15) is 43.2 Å². The van der Waals surface area contributed by atoms with E-state index in [0.717, 1.165) is 108 Å². The molecule has 576 valence electrons. The molecule has 0 aromatic rings. The Bertz CT molecular complexity index is 1890. The number of phosphoric acid groups is 2. The summed E-state index contributed by atoms with van der Waals surface area (Å²) >= 11 is 0. The molecular formula is C78H152O17P2. The highest BCUT2D eigenvalue weighted by atomic mass is 31.2. The van der Waals surface area contributed by atoms with Gasteiger partial charge in [-0.2, -0.15) is 0 Å². The van der Waals surface area contributed by atoms with Crippen molar-refractivity contribution in [2.75, 3.05) is 39.6 Å². The molecule has 0 heterocycles. The summed E-state index contributed by atoms with van der Waals surface area (Å²) in [5.41, 5.74) is 0. The minimum absolute atomic E-state index is 0.105. The zero-order valence-electron chi connectivity index (χ0n) is 63.5. The third-order valence-electron chi connectivity index (χ3n) is 18.5. The van der Waals surface area contributed by atoms with Gasteiger partial charge in [-0.3, -0.25) is 37.3 Å². The summed E-state index contributed by atoms with van der Waals surface area (Å²) < 4.78 is 68.5. The predicted molar refractivity (Wildman–Crippen MR) is 395 cm³/mol. The lowest BCUT2D eigenvalue weighted by atomic mass is 9.99. The molecule has 3 N–H and O–H groups in total. The van der Waals surface area contributed by atoms with Crippen LogP contribution in [-0.2, 0) is 65.4 Å². The van der Waals surface area contributed by atoms with Gasteiger partial charge < -0.3 is 33.8 Å². The van der Waals surface area contributed by atoms with Crippen LogP contribution in [0.5, 0.6) is 0 Å². The fraction of sp³-hybridized carbons (Fsp3) is 0.949. The molecule has 0 amide bonds. The van der Waals surface area contributed by atoms with Crippen LogP contribution in [0.25, 0.3) is 0 Å². The van der Waals surface area contributed by atoms with Crippen LogP contribution in [0.1, 0.15) is 402 Å². The molecule has 0 radical (unpaired) electrons. The van der Waals surface area contributed by atoms with Gasteiger partial charge in [0.25, 0.3) is 0 Å². The largest absolute Gasteiger partial charge is 0.472 e. The van der Waals surface area contributed by atoms with E-state index >= 15 is 0 Å². The number of aliphatic hydroxyl groups is 1. The third kappa shape index (κ3) is 70.9. The molecule has 97 heavy (non-hydrogen) atoms. The first-order chi connectivity index (χ1) is 46.8. The number of aliphatic hydroxyl groups excluding tert-OH is 1. The van der Waals surface area contributed by atoms with E-state index in [1.807, 2.05) is 0 Å². The lowest BCUT2D eigenvalue weighted by Gasteiger charge is -2.21. The van der Waals surface area contributed by atoms with E-state index in [0.29, 0.717) is 25.7 Å². The second-order valence-corrected chi connectivity index (χ2v) is 32.2. The number of unbranched alkanes of at least 4 members (excludes halogenated alkanes) is 43. The third-order valence-corrected chi connectivity index (χ3v) is 20.4. The first-order valence-corrected chi connectivity index (χ1v) is 43.4. The summed E-state index contributed by atoms with van der Waals surface area (Å²) in [7, 11) is -9.91. The van der Waals surface area contributed by atoms with Crippen LogP contribution in [0.4, 0.5) is 0 Å². The Morgan fingerprint density at radius 1 is 0.299 bits per heavy atom. The fourth-order valence-corrected chi connectivity index (χ4v) is 13.5. The Labute approximate surface area is 594 Å². The number of carbonyl (C=O) groups excluding carboxylic acids is 4. The smallest absolute Gasteiger partial charge is 0.462 e. The second kappa shape index (κ2) is 68.5. The van der Waals surface area contributed by atoms with Crippen LogP contribution in [0.15, 0.2) is 0 Å². The van der Waals surface area contributed by atoms with Crippen molar-refractivity contribution in [1.82, 2.24) is 0 Å². The number of hydrogen-bond donors (Lipinski definition) is 3. The topological polar surface area (TPSA) is 237 Å². The summed E-state index contributed by atoms with van der Waals surface area (Å²) in [6.45, 7) is 11.9. The Morgan fingerprint density at radius 2 is 0.526 bits per heavy atom. The number of carbonyl (C=O) groups is 4. The number of phosphoric ester groups is 2. The van der Waals surface area contributed by atoms with Crippen molar-refractivity contribution in [2.45, 2.75) is 420 Å². The number of rotatable bonds is 76. The van der Waals surface area contributed by atoms with Gasteiger partial charge >= 0.3 is 39.5 Å². The number of hydrogen-bond acceptors (Lipinski definition) is 15. The van der Waals surface area contributed by atoms with Crippen molar-refractivity contribution in [2.24, 2.45) is 17.8 Å². The fourth-order valence-electron chi connectivity index (χ4n) is 11.9. The van der Waals surface area contributed by atoms with Crippen molar-refractivity contribution in [1.29, 1.82) is 0 Å². The van der Waals surface area contributed by atoms with E-state index in [4.69, 9.17) is 37.0 Å². The molecule has 19 heteroatoms. The summed E-state index contributed by atoms with van der Waals surface area (Å²) in [5, 5.41) is 10.6. The van der Waals surface area contributed by atoms with Gasteiger partial charge in [0.15, 0.2) is 12.2 Å². The van der Waals surface area contributed by atoms with Crippen molar-refractivity contribution in [3.63, 3.8) is 0 Å². The molecule has 0 spiro atoms. The van der Waals surface area contributed by atoms with E-state index in [2.05, 4.69) is 48.5 Å². The molecule has 0 rings (SSSR count). The second-order valence-electron chi connectivity index (χ2n) is 29.3. The van der Waals surface area contributed by atoms with Gasteiger partial charge in [-0.15, -0.1) is 0 Å². The molecule has 6 atom stereocenters. The number of ether oxygens (including phenoxy) is 4. The zero-order valence-corrected chi connectivity index (χ0v) is 65.3. The summed E-state index contributed by atoms with van der Waals surface area (Å²) in [5.74, 6) is 0.249. The predicted octanol–water partition coefficient (Wildman–Crippen LogP) is 23.0. The van der Waals surface area contributed by atoms with Gasteiger partial charge in [0.05, 0.1) is 26.4 Å². The summed E-state index contributed by atoms with van der Waals surface area (Å²) in [6, 6.07) is 0. The average Bonchev–Trinajstić information content (AvgIpc) is 1.48. The molecule has 3 unspecified atom stereocenters. The minimum Gasteiger partial charge on any atom is -0.462 e. The Morgan fingerprint density at radius 3 is 0.784 bits per heavy atom. The first kappa shape index (κ1) is 95.1. The van der Waals surface area contributed by atoms with Crippen LogP contribution < -0.4 is 0 Å². The van der Waals surface area contributed by atoms with Crippen LogP contribution in [-0.4, -0.2) is 96.7 Å². The van der Waals surface area contributed by atoms with Gasteiger partial charge in [-0.1, -0.05) is 350 Å². The standard InChI is InChI=1S/C78H152O17P2/c1-8-10-11-12-13-14-31-38-45-52-59-75(80)88-65-74(95-78(83)62-55-48-41-34-27-29-36-43-50-57-70(5)6)68-93-97(86,87)91-64-72(79)63-90-96(84,85)92-67-73(66-89-76(81)60-53-46-39-32-26-25-28-35-42-49-56-69(3)4)94-77(82)61-54-47-40-33-24-22-20-18-16-15-17-19-21-23-30-37-44-51-58-71(7)9-2/h69-74,79H,8-68H2,1-7H3,(H,84,85)(H,86,87)/t71?,72-,73-,74-/m1/s1. The van der Waals surface area contributed by atoms with Crippen LogP contribution in [0.2, 0.25) is 0 Å². The lowest BCUT2D eigenvalue weighted by Crippen LogP contribution is -2.30. The van der Waals surface area contributed by atoms with Gasteiger partial charge in [-0.05, 0) is 43.4 Å². The lowest BCUT2D eigenvalue weighted by molar-refractivity contribution is -0.161. The first-order valence-electron chi connectivity index (χ1n) is 40.4. The van der Waals surface area contributed by atoms with Crippen molar-refractivity contribution in [3.05, 3.63) is 0 Å². The highest BCUT2D eigenvalue weighted by Crippen LogP contribution is 2.45. The van der Waals surface area contributed by atoms with Crippen molar-refractivity contribution >= 4 is 39.5 Å². The SMILES string of the molecule is CCCCCCCCCCCCC(=O)OC[C@H](COP(=O)(O)OC[C@H](O)COP(=O)(O)OC[C@@H](COC(=O)CCCCCCCCCCCCC(C)C)OC(=O)CCCCCCCCCCCCCCCCCCCCC(C)CC)OC(=O)CCCCCCCCCCCC(C)C. The molecule has 0 bridgehead atoms. The van der Waals surface area contributed by atoms with E-state index in [1.165, 1.54) is 212 Å². The molecule has 0 saturated heterocycles. The normalized spacial score (nSPS) is 14.3. The highest BCUT2D eigenvalue weighted by molar-refractivity contribution is 7.47. The molecule has 0 aliphatic carbocycles. The molecule has 0 fully saturated rings. The maximum absolute atomic E-state index is 13.1. The monoisotopic (exact) mass is 1420 g/mol. The van der Waals surface area contributed by atoms with E-state index < -0.39 is 97.5 Å². The van der Waals surface area contributed by atoms with Gasteiger partial charge in [-0.25, -0.2) is 9.13 Å². The quantitative estimate of drug-likeness (QED) is 0.0222. The van der Waals surface area contributed by atoms with Gasteiger partial charge in [0.1, 0.15) is 19.3 Å². The van der Waals surface area contributed by atoms with Crippen molar-refractivity contribution in [3.8, 4) is 0 Å². The van der Waals surface area contributed by atoms with Gasteiger partial charge in [0.2, 0.25) is 0 Å². The molecule has 0 aromatic carbocycles. The maximum Gasteiger partial charge on any atom is 0.472 e. The molecule has 0 aliphatic heterocycles. The van der Waals surface area contributed by atoms with Crippen LogP contribution in [0, 0.1) is 17.8 Å². The molecule has 17 nitrogen and oxygen atoms in total. The Hall–Kier alpha value is -1.94. The Kier molecular flexibility index (Phi) is 67.1. The molecule has 0 aromatic heterocycles. The molecule has 0 aliphatic rings. The van der Waals surface area contributed by atoms with E-state index in [-0.39, 0.29) is 25.7 Å². The van der Waals surface area contributed by atoms with Crippen molar-refractivity contribution < 1.29 is 80.2 Å². The average molecular weight is 1420 g/mol.